The molecule has 27 heavy (non-hydrogen) atoms. The number of carbonyl (C=O) groups excluding carboxylic acids is 4. The van der Waals surface area contributed by atoms with Crippen LogP contribution in [0.1, 0.15) is 64.2 Å². The van der Waals surface area contributed by atoms with E-state index in [1.165, 1.54) is 11.3 Å². The van der Waals surface area contributed by atoms with Crippen LogP contribution in [-0.4, -0.2) is 53.2 Å². The number of nitrogens with zero attached hydrogens (tertiary/aromatic N) is 1. The van der Waals surface area contributed by atoms with Gasteiger partial charge in [-0.3, -0.25) is 19.2 Å². The van der Waals surface area contributed by atoms with Crippen LogP contribution in [0.3, 0.4) is 0 Å². The highest BCUT2D eigenvalue weighted by atomic mass is 16.2. The number of likely N-dealkylation sites (tertiary alicyclic amines) is 1. The molecule has 2 heterocycles. The number of rotatable bonds is 6. The van der Waals surface area contributed by atoms with E-state index < -0.39 is 24.0 Å². The Morgan fingerprint density at radius 2 is 1.85 bits per heavy atom. The summed E-state index contributed by atoms with van der Waals surface area (Å²) in [6.07, 6.45) is 8.28. The first-order valence-corrected chi connectivity index (χ1v) is 10.1. The van der Waals surface area contributed by atoms with Crippen LogP contribution in [0.2, 0.25) is 0 Å². The average molecular weight is 378 g/mol. The Hall–Kier alpha value is -2.12. The van der Waals surface area contributed by atoms with Gasteiger partial charge >= 0.3 is 0 Å². The number of nitrogens with two attached hydrogens (primary N) is 1. The lowest BCUT2D eigenvalue weighted by Gasteiger charge is -2.31. The summed E-state index contributed by atoms with van der Waals surface area (Å²) in [5, 5.41) is 5.51. The predicted molar refractivity (Wildman–Crippen MR) is 98.2 cm³/mol. The van der Waals surface area contributed by atoms with Gasteiger partial charge < -0.3 is 21.3 Å². The molecule has 0 aromatic rings. The Kier molecular flexibility index (Phi) is 6.34. The van der Waals surface area contributed by atoms with Gasteiger partial charge in [0.05, 0.1) is 0 Å². The van der Waals surface area contributed by atoms with E-state index in [-0.39, 0.29) is 17.7 Å². The van der Waals surface area contributed by atoms with E-state index in [1.807, 2.05) is 0 Å². The van der Waals surface area contributed by atoms with Crippen LogP contribution in [0.4, 0.5) is 0 Å². The number of amides is 4. The molecular weight excluding hydrogens is 348 g/mol. The van der Waals surface area contributed by atoms with Gasteiger partial charge in [0.15, 0.2) is 0 Å². The molecule has 2 saturated heterocycles. The molecule has 0 aromatic heterocycles. The minimum absolute atomic E-state index is 0.140. The van der Waals surface area contributed by atoms with Crippen LogP contribution >= 0.6 is 0 Å². The molecule has 0 unspecified atom stereocenters. The monoisotopic (exact) mass is 378 g/mol. The molecule has 150 valence electrons. The van der Waals surface area contributed by atoms with E-state index in [2.05, 4.69) is 10.6 Å². The van der Waals surface area contributed by atoms with Gasteiger partial charge in [-0.1, -0.05) is 32.1 Å². The summed E-state index contributed by atoms with van der Waals surface area (Å²) in [5.41, 5.74) is 5.46. The standard InChI is InChI=1S/C19H30N4O4/c20-17(25)15-7-4-10-23(15)19(27)14(11-12-5-2-1-3-6-12)22-18(26)13-8-9-16(24)21-13/h12-15H,1-11H2,(H2,20,25)(H,21,24)(H,22,26)/t13-,14-,15-/m0/s1. The molecule has 8 heteroatoms. The van der Waals surface area contributed by atoms with Gasteiger partial charge in [-0.25, -0.2) is 0 Å². The number of primary amides is 1. The van der Waals surface area contributed by atoms with Crippen LogP contribution in [0, 0.1) is 5.92 Å². The second-order valence-electron chi connectivity index (χ2n) is 8.05. The lowest BCUT2D eigenvalue weighted by Crippen LogP contribution is -2.55. The molecule has 4 amide bonds. The summed E-state index contributed by atoms with van der Waals surface area (Å²) >= 11 is 0. The minimum atomic E-state index is -0.668. The molecule has 3 fully saturated rings. The normalized spacial score (nSPS) is 27.3. The Morgan fingerprint density at radius 3 is 2.48 bits per heavy atom. The summed E-state index contributed by atoms with van der Waals surface area (Å²) in [7, 11) is 0. The van der Waals surface area contributed by atoms with Gasteiger partial charge in [0.1, 0.15) is 18.1 Å². The van der Waals surface area contributed by atoms with Gasteiger partial charge in [-0.15, -0.1) is 0 Å². The molecule has 0 bridgehead atoms. The fourth-order valence-corrected chi connectivity index (χ4v) is 4.59. The molecule has 0 radical (unpaired) electrons. The minimum Gasteiger partial charge on any atom is -0.368 e. The van der Waals surface area contributed by atoms with Crippen molar-refractivity contribution < 1.29 is 19.2 Å². The number of hydrogen-bond donors (Lipinski definition) is 3. The Bertz CT molecular complexity index is 603. The summed E-state index contributed by atoms with van der Waals surface area (Å²) in [6, 6.07) is -1.84. The van der Waals surface area contributed by atoms with E-state index in [1.54, 1.807) is 0 Å². The van der Waals surface area contributed by atoms with E-state index >= 15 is 0 Å². The summed E-state index contributed by atoms with van der Waals surface area (Å²) < 4.78 is 0. The summed E-state index contributed by atoms with van der Waals surface area (Å²) in [5.74, 6) is -0.782. The Balaban J connectivity index is 1.70. The molecule has 3 atom stereocenters. The lowest BCUT2D eigenvalue weighted by atomic mass is 9.84. The zero-order valence-electron chi connectivity index (χ0n) is 15.7. The van der Waals surface area contributed by atoms with Crippen molar-refractivity contribution in [1.82, 2.24) is 15.5 Å². The van der Waals surface area contributed by atoms with Gasteiger partial charge in [0.25, 0.3) is 0 Å². The largest absolute Gasteiger partial charge is 0.368 e. The van der Waals surface area contributed by atoms with Crippen molar-refractivity contribution >= 4 is 23.6 Å². The number of carbonyl (C=O) groups is 4. The third-order valence-corrected chi connectivity index (χ3v) is 6.08. The first kappa shape index (κ1) is 19.6. The maximum Gasteiger partial charge on any atom is 0.245 e. The highest BCUT2D eigenvalue weighted by Crippen LogP contribution is 2.29. The maximum absolute atomic E-state index is 13.2. The molecule has 0 spiro atoms. The maximum atomic E-state index is 13.2. The molecular formula is C19H30N4O4. The van der Waals surface area contributed by atoms with Crippen LogP contribution < -0.4 is 16.4 Å². The molecule has 3 aliphatic rings. The van der Waals surface area contributed by atoms with Crippen molar-refractivity contribution in [3.63, 3.8) is 0 Å². The Morgan fingerprint density at radius 1 is 1.11 bits per heavy atom. The number of hydrogen-bond acceptors (Lipinski definition) is 4. The topological polar surface area (TPSA) is 122 Å². The van der Waals surface area contributed by atoms with Crippen molar-refractivity contribution in [2.45, 2.75) is 82.3 Å². The first-order valence-electron chi connectivity index (χ1n) is 10.1. The second-order valence-corrected chi connectivity index (χ2v) is 8.05. The van der Waals surface area contributed by atoms with Crippen LogP contribution in [0.15, 0.2) is 0 Å². The molecule has 1 saturated carbocycles. The molecule has 4 N–H and O–H groups in total. The zero-order valence-corrected chi connectivity index (χ0v) is 15.7. The van der Waals surface area contributed by atoms with Crippen LogP contribution in [-0.2, 0) is 19.2 Å². The molecule has 8 nitrogen and oxygen atoms in total. The van der Waals surface area contributed by atoms with E-state index in [0.29, 0.717) is 38.1 Å². The van der Waals surface area contributed by atoms with E-state index in [0.717, 1.165) is 32.1 Å². The van der Waals surface area contributed by atoms with Crippen molar-refractivity contribution in [3.05, 3.63) is 0 Å². The first-order chi connectivity index (χ1) is 13.0. The fourth-order valence-electron chi connectivity index (χ4n) is 4.59. The van der Waals surface area contributed by atoms with Crippen molar-refractivity contribution in [2.75, 3.05) is 6.54 Å². The SMILES string of the molecule is NC(=O)[C@@H]1CCCN1C(=O)[C@H](CC1CCCCC1)NC(=O)[C@@H]1CCC(=O)N1. The smallest absolute Gasteiger partial charge is 0.245 e. The van der Waals surface area contributed by atoms with Crippen LogP contribution in [0.5, 0.6) is 0 Å². The lowest BCUT2D eigenvalue weighted by molar-refractivity contribution is -0.141. The van der Waals surface area contributed by atoms with Crippen LogP contribution in [0.25, 0.3) is 0 Å². The average Bonchev–Trinajstić information content (AvgIpc) is 3.30. The highest BCUT2D eigenvalue weighted by molar-refractivity contribution is 5.95. The Labute approximate surface area is 159 Å². The molecule has 1 aliphatic carbocycles. The van der Waals surface area contributed by atoms with Gasteiger partial charge in [0.2, 0.25) is 23.6 Å². The van der Waals surface area contributed by atoms with Gasteiger partial charge in [-0.05, 0) is 31.6 Å². The molecule has 3 rings (SSSR count). The third-order valence-electron chi connectivity index (χ3n) is 6.08. The zero-order chi connectivity index (χ0) is 19.4. The summed E-state index contributed by atoms with van der Waals surface area (Å²) in [6.45, 7) is 0.490. The van der Waals surface area contributed by atoms with Gasteiger partial charge in [0, 0.05) is 13.0 Å². The van der Waals surface area contributed by atoms with Gasteiger partial charge in [-0.2, -0.15) is 0 Å². The predicted octanol–water partition coefficient (Wildman–Crippen LogP) is 0.197. The summed E-state index contributed by atoms with van der Waals surface area (Å²) in [4.78, 5) is 50.4. The van der Waals surface area contributed by atoms with Crippen molar-refractivity contribution in [3.8, 4) is 0 Å². The second kappa shape index (κ2) is 8.71. The molecule has 2 aliphatic heterocycles. The highest BCUT2D eigenvalue weighted by Gasteiger charge is 2.38. The van der Waals surface area contributed by atoms with E-state index in [4.69, 9.17) is 5.73 Å². The van der Waals surface area contributed by atoms with Crippen molar-refractivity contribution in [2.24, 2.45) is 11.7 Å². The van der Waals surface area contributed by atoms with Crippen molar-refractivity contribution in [1.29, 1.82) is 0 Å². The third kappa shape index (κ3) is 4.78. The number of nitrogens with one attached hydrogen (secondary N) is 2. The molecule has 0 aromatic carbocycles. The fraction of sp³-hybridized carbons (Fsp3) is 0.789. The quantitative estimate of drug-likeness (QED) is 0.611. The van der Waals surface area contributed by atoms with E-state index in [9.17, 15) is 19.2 Å².